The van der Waals surface area contributed by atoms with Gasteiger partial charge in [-0.15, -0.1) is 0 Å². The topological polar surface area (TPSA) is 32.3 Å². The van der Waals surface area contributed by atoms with E-state index in [0.717, 1.165) is 36.8 Å². The van der Waals surface area contributed by atoms with Crippen molar-refractivity contribution < 1.29 is 4.79 Å². The largest absolute Gasteiger partial charge is 0.385 e. The third-order valence-corrected chi connectivity index (χ3v) is 4.48. The number of amides is 1. The van der Waals surface area contributed by atoms with Crippen molar-refractivity contribution in [2.24, 2.45) is 5.92 Å². The van der Waals surface area contributed by atoms with Crippen LogP contribution in [0.5, 0.6) is 0 Å². The summed E-state index contributed by atoms with van der Waals surface area (Å²) in [4.78, 5) is 14.2. The van der Waals surface area contributed by atoms with Crippen LogP contribution in [-0.2, 0) is 0 Å². The van der Waals surface area contributed by atoms with E-state index in [-0.39, 0.29) is 5.91 Å². The van der Waals surface area contributed by atoms with Crippen LogP contribution in [0.2, 0.25) is 0 Å². The zero-order valence-electron chi connectivity index (χ0n) is 13.4. The molecule has 1 aliphatic rings. The fourth-order valence-electron chi connectivity index (χ4n) is 3.11. The van der Waals surface area contributed by atoms with Gasteiger partial charge in [0.25, 0.3) is 5.91 Å². The van der Waals surface area contributed by atoms with Gasteiger partial charge in [0.05, 0.1) is 0 Å². The number of nitrogens with one attached hydrogen (secondary N) is 1. The zero-order chi connectivity index (χ0) is 15.1. The van der Waals surface area contributed by atoms with E-state index in [1.54, 1.807) is 0 Å². The molecule has 3 nitrogen and oxygen atoms in total. The first-order valence-corrected chi connectivity index (χ1v) is 8.37. The number of benzene rings is 1. The van der Waals surface area contributed by atoms with Gasteiger partial charge in [-0.05, 0) is 50.8 Å². The van der Waals surface area contributed by atoms with Crippen molar-refractivity contribution in [1.82, 2.24) is 4.90 Å². The fraction of sp³-hybridized carbons (Fsp3) is 0.611. The zero-order valence-corrected chi connectivity index (χ0v) is 13.4. The van der Waals surface area contributed by atoms with Crippen LogP contribution in [-0.4, -0.2) is 30.4 Å². The Morgan fingerprint density at radius 2 is 1.90 bits per heavy atom. The smallest absolute Gasteiger partial charge is 0.253 e. The van der Waals surface area contributed by atoms with E-state index in [1.807, 2.05) is 36.9 Å². The second-order valence-electron chi connectivity index (χ2n) is 5.94. The predicted molar refractivity (Wildman–Crippen MR) is 88.8 cm³/mol. The van der Waals surface area contributed by atoms with E-state index in [2.05, 4.69) is 11.4 Å². The van der Waals surface area contributed by atoms with Crippen LogP contribution >= 0.6 is 0 Å². The number of hydrogen-bond acceptors (Lipinski definition) is 2. The Kier molecular flexibility index (Phi) is 6.09. The standard InChI is InChI=1S/C18H28N2O/c1-3-20(4-2)18(21)16-11-8-12-17(13-16)19-14-15-9-6-5-7-10-15/h8,11-13,15,19H,3-7,9-10,14H2,1-2H3. The van der Waals surface area contributed by atoms with Gasteiger partial charge < -0.3 is 10.2 Å². The minimum atomic E-state index is 0.126. The van der Waals surface area contributed by atoms with E-state index < -0.39 is 0 Å². The Hall–Kier alpha value is -1.51. The van der Waals surface area contributed by atoms with Crippen molar-refractivity contribution in [3.05, 3.63) is 29.8 Å². The summed E-state index contributed by atoms with van der Waals surface area (Å²) < 4.78 is 0. The van der Waals surface area contributed by atoms with Crippen LogP contribution in [0.1, 0.15) is 56.3 Å². The molecule has 0 saturated heterocycles. The molecule has 3 heteroatoms. The molecule has 21 heavy (non-hydrogen) atoms. The number of nitrogens with zero attached hydrogens (tertiary/aromatic N) is 1. The molecule has 0 unspecified atom stereocenters. The van der Waals surface area contributed by atoms with Gasteiger partial charge >= 0.3 is 0 Å². The van der Waals surface area contributed by atoms with E-state index >= 15 is 0 Å². The summed E-state index contributed by atoms with van der Waals surface area (Å²) in [6, 6.07) is 7.93. The number of carbonyl (C=O) groups is 1. The normalized spacial score (nSPS) is 15.7. The van der Waals surface area contributed by atoms with Crippen LogP contribution in [0.25, 0.3) is 0 Å². The lowest BCUT2D eigenvalue weighted by Crippen LogP contribution is -2.30. The minimum Gasteiger partial charge on any atom is -0.385 e. The molecule has 1 saturated carbocycles. The average Bonchev–Trinajstić information content (AvgIpc) is 2.55. The van der Waals surface area contributed by atoms with Crippen LogP contribution in [0.15, 0.2) is 24.3 Å². The lowest BCUT2D eigenvalue weighted by molar-refractivity contribution is 0.0773. The molecule has 1 amide bonds. The van der Waals surface area contributed by atoms with Crippen LogP contribution < -0.4 is 5.32 Å². The third kappa shape index (κ3) is 4.48. The van der Waals surface area contributed by atoms with Crippen LogP contribution in [0.4, 0.5) is 5.69 Å². The van der Waals surface area contributed by atoms with Crippen molar-refractivity contribution in [2.45, 2.75) is 46.0 Å². The second kappa shape index (κ2) is 8.06. The molecule has 0 aromatic heterocycles. The van der Waals surface area contributed by atoms with Crippen molar-refractivity contribution in [2.75, 3.05) is 25.0 Å². The lowest BCUT2D eigenvalue weighted by atomic mass is 9.89. The Morgan fingerprint density at radius 1 is 1.19 bits per heavy atom. The number of rotatable bonds is 6. The highest BCUT2D eigenvalue weighted by Gasteiger charge is 2.14. The lowest BCUT2D eigenvalue weighted by Gasteiger charge is -2.23. The molecular formula is C18H28N2O. The third-order valence-electron chi connectivity index (χ3n) is 4.48. The molecule has 0 spiro atoms. The van der Waals surface area contributed by atoms with Crippen molar-refractivity contribution in [3.63, 3.8) is 0 Å². The average molecular weight is 288 g/mol. The summed E-state index contributed by atoms with van der Waals surface area (Å²) in [5, 5.41) is 3.51. The van der Waals surface area contributed by atoms with Gasteiger partial charge in [-0.3, -0.25) is 4.79 Å². The molecule has 0 bridgehead atoms. The van der Waals surface area contributed by atoms with Gasteiger partial charge in [-0.25, -0.2) is 0 Å². The predicted octanol–water partition coefficient (Wildman–Crippen LogP) is 4.16. The molecule has 1 fully saturated rings. The monoisotopic (exact) mass is 288 g/mol. The molecule has 1 aliphatic carbocycles. The number of carbonyl (C=O) groups excluding carboxylic acids is 1. The van der Waals surface area contributed by atoms with E-state index in [9.17, 15) is 4.79 Å². The molecule has 1 aromatic rings. The SMILES string of the molecule is CCN(CC)C(=O)c1cccc(NCC2CCCCC2)c1. The van der Waals surface area contributed by atoms with Crippen LogP contribution in [0, 0.1) is 5.92 Å². The van der Waals surface area contributed by atoms with Gasteiger partial charge in [-0.2, -0.15) is 0 Å². The molecule has 1 aromatic carbocycles. The van der Waals surface area contributed by atoms with E-state index in [0.29, 0.717) is 0 Å². The molecule has 116 valence electrons. The van der Waals surface area contributed by atoms with Gasteiger partial charge in [0.2, 0.25) is 0 Å². The van der Waals surface area contributed by atoms with E-state index in [1.165, 1.54) is 32.1 Å². The maximum atomic E-state index is 12.4. The summed E-state index contributed by atoms with van der Waals surface area (Å²) in [6.07, 6.45) is 6.81. The van der Waals surface area contributed by atoms with Gasteiger partial charge in [-0.1, -0.05) is 25.3 Å². The molecule has 2 rings (SSSR count). The maximum absolute atomic E-state index is 12.4. The summed E-state index contributed by atoms with van der Waals surface area (Å²) >= 11 is 0. The van der Waals surface area contributed by atoms with Crippen molar-refractivity contribution in [1.29, 1.82) is 0 Å². The van der Waals surface area contributed by atoms with Crippen molar-refractivity contribution >= 4 is 11.6 Å². The molecule has 0 atom stereocenters. The Labute approximate surface area is 128 Å². The second-order valence-corrected chi connectivity index (χ2v) is 5.94. The van der Waals surface area contributed by atoms with Crippen LogP contribution in [0.3, 0.4) is 0 Å². The first kappa shape index (κ1) is 15.9. The Bertz CT molecular complexity index is 448. The maximum Gasteiger partial charge on any atom is 0.253 e. The summed E-state index contributed by atoms with van der Waals surface area (Å²) in [5.74, 6) is 0.919. The highest BCUT2D eigenvalue weighted by atomic mass is 16.2. The van der Waals surface area contributed by atoms with Gasteiger partial charge in [0, 0.05) is 30.9 Å². The highest BCUT2D eigenvalue weighted by Crippen LogP contribution is 2.24. The quantitative estimate of drug-likeness (QED) is 0.852. The van der Waals surface area contributed by atoms with E-state index in [4.69, 9.17) is 0 Å². The van der Waals surface area contributed by atoms with Gasteiger partial charge in [0.15, 0.2) is 0 Å². The summed E-state index contributed by atoms with van der Waals surface area (Å²) in [7, 11) is 0. The molecule has 0 heterocycles. The molecular weight excluding hydrogens is 260 g/mol. The molecule has 0 radical (unpaired) electrons. The number of anilines is 1. The fourth-order valence-corrected chi connectivity index (χ4v) is 3.11. The number of hydrogen-bond donors (Lipinski definition) is 1. The Morgan fingerprint density at radius 3 is 2.57 bits per heavy atom. The highest BCUT2D eigenvalue weighted by molar-refractivity contribution is 5.95. The summed E-state index contributed by atoms with van der Waals surface area (Å²) in [6.45, 7) is 6.59. The van der Waals surface area contributed by atoms with Gasteiger partial charge in [0.1, 0.15) is 0 Å². The first-order chi connectivity index (χ1) is 10.2. The molecule has 0 aliphatic heterocycles. The minimum absolute atomic E-state index is 0.126. The Balaban J connectivity index is 1.95. The van der Waals surface area contributed by atoms with Crippen molar-refractivity contribution in [3.8, 4) is 0 Å². The first-order valence-electron chi connectivity index (χ1n) is 8.37. The summed E-state index contributed by atoms with van der Waals surface area (Å²) in [5.41, 5.74) is 1.85. The molecule has 1 N–H and O–H groups in total.